The standard InChI is InChI=1S/C21H29N3O10S/c1-4-24-10-6-7-12(24)11-23-17(26)13-8-5-9-14-15(13)34-19(28)21(29,16(25)18(27)33-14)35(30,31)20(2,22)32-3/h5,8-9,12,16,25,29H,4,6-7,10-11,22H2,1-3H3,(H,23,26). The zero-order valence-corrected chi connectivity index (χ0v) is 20.3. The number of nitrogens with two attached hydrogens (primary N) is 1. The van der Waals surface area contributed by atoms with Gasteiger partial charge in [-0.05, 0) is 45.0 Å². The van der Waals surface area contributed by atoms with Crippen LogP contribution in [0.1, 0.15) is 37.0 Å². The number of aliphatic hydroxyl groups is 2. The number of aliphatic hydroxyl groups excluding tert-OH is 1. The third-order valence-electron chi connectivity index (χ3n) is 6.27. The molecule has 0 aromatic heterocycles. The summed E-state index contributed by atoms with van der Waals surface area (Å²) in [6, 6.07) is 3.87. The highest BCUT2D eigenvalue weighted by Crippen LogP contribution is 2.38. The first kappa shape index (κ1) is 27.0. The van der Waals surface area contributed by atoms with Gasteiger partial charge in [-0.1, -0.05) is 13.0 Å². The highest BCUT2D eigenvalue weighted by atomic mass is 32.2. The molecule has 14 heteroatoms. The van der Waals surface area contributed by atoms with Gasteiger partial charge in [0.05, 0.1) is 5.56 Å². The molecule has 1 saturated heterocycles. The first-order valence-electron chi connectivity index (χ1n) is 10.9. The van der Waals surface area contributed by atoms with E-state index in [0.29, 0.717) is 6.54 Å². The summed E-state index contributed by atoms with van der Waals surface area (Å²) in [6.45, 7) is 4.81. The predicted molar refractivity (Wildman–Crippen MR) is 120 cm³/mol. The van der Waals surface area contributed by atoms with Gasteiger partial charge < -0.3 is 29.7 Å². The van der Waals surface area contributed by atoms with Crippen molar-refractivity contribution >= 4 is 27.7 Å². The second kappa shape index (κ2) is 9.79. The maximum Gasteiger partial charge on any atom is 0.363 e. The molecule has 0 spiro atoms. The van der Waals surface area contributed by atoms with E-state index in [1.807, 2.05) is 6.92 Å². The van der Waals surface area contributed by atoms with Gasteiger partial charge in [0.1, 0.15) is 0 Å². The zero-order chi connectivity index (χ0) is 26.2. The average molecular weight is 516 g/mol. The van der Waals surface area contributed by atoms with Crippen molar-refractivity contribution in [2.45, 2.75) is 48.8 Å². The number of hydrogen-bond acceptors (Lipinski definition) is 12. The lowest BCUT2D eigenvalue weighted by Crippen LogP contribution is -2.68. The Morgan fingerprint density at radius 2 is 2.06 bits per heavy atom. The van der Waals surface area contributed by atoms with Crippen molar-refractivity contribution in [3.05, 3.63) is 23.8 Å². The fourth-order valence-corrected chi connectivity index (χ4v) is 5.49. The van der Waals surface area contributed by atoms with Gasteiger partial charge in [-0.3, -0.25) is 15.4 Å². The van der Waals surface area contributed by atoms with E-state index in [2.05, 4.69) is 15.0 Å². The van der Waals surface area contributed by atoms with Gasteiger partial charge in [0.2, 0.25) is 21.0 Å². The molecule has 2 heterocycles. The molecule has 1 amide bonds. The fourth-order valence-electron chi connectivity index (χ4n) is 4.01. The minimum absolute atomic E-state index is 0.108. The number of fused-ring (bicyclic) bond motifs is 1. The molecule has 194 valence electrons. The number of nitrogens with one attached hydrogen (secondary N) is 1. The second-order valence-corrected chi connectivity index (χ2v) is 10.8. The third-order valence-corrected chi connectivity index (χ3v) is 8.71. The van der Waals surface area contributed by atoms with Crippen molar-refractivity contribution in [3.63, 3.8) is 0 Å². The smallest absolute Gasteiger partial charge is 0.363 e. The Kier molecular flexibility index (Phi) is 7.55. The van der Waals surface area contributed by atoms with Gasteiger partial charge >= 0.3 is 16.9 Å². The highest BCUT2D eigenvalue weighted by Gasteiger charge is 2.66. The van der Waals surface area contributed by atoms with Crippen LogP contribution in [0, 0.1) is 0 Å². The lowest BCUT2D eigenvalue weighted by Gasteiger charge is -2.36. The minimum Gasteiger partial charge on any atom is -0.420 e. The number of methoxy groups -OCH3 is 1. The lowest BCUT2D eigenvalue weighted by molar-refractivity contribution is -0.170. The number of benzene rings is 1. The first-order valence-corrected chi connectivity index (χ1v) is 12.4. The summed E-state index contributed by atoms with van der Waals surface area (Å²) in [7, 11) is -4.49. The SMILES string of the molecule is CCN1CCCC1CNC(=O)c1cccc2c1OC(=O)C(O)(S(=O)(=O)C(C)(N)OC)C(O)C(=O)O2. The first-order chi connectivity index (χ1) is 16.3. The summed E-state index contributed by atoms with van der Waals surface area (Å²) in [6.07, 6.45) is -1.07. The number of esters is 2. The molecule has 4 atom stereocenters. The maximum absolute atomic E-state index is 13.0. The highest BCUT2D eigenvalue weighted by molar-refractivity contribution is 7.94. The Labute approximate surface area is 202 Å². The molecular weight excluding hydrogens is 486 g/mol. The van der Waals surface area contributed by atoms with Crippen LogP contribution in [0.25, 0.3) is 0 Å². The maximum atomic E-state index is 13.0. The molecule has 1 aromatic rings. The van der Waals surface area contributed by atoms with Crippen molar-refractivity contribution in [1.82, 2.24) is 10.2 Å². The van der Waals surface area contributed by atoms with Gasteiger partial charge in [-0.15, -0.1) is 0 Å². The Bertz CT molecular complexity index is 1120. The van der Waals surface area contributed by atoms with E-state index in [1.54, 1.807) is 0 Å². The summed E-state index contributed by atoms with van der Waals surface area (Å²) in [5.41, 5.74) is 5.29. The van der Waals surface area contributed by atoms with Crippen molar-refractivity contribution in [1.29, 1.82) is 0 Å². The zero-order valence-electron chi connectivity index (χ0n) is 19.5. The molecule has 0 bridgehead atoms. The van der Waals surface area contributed by atoms with Gasteiger partial charge in [0.15, 0.2) is 11.5 Å². The molecule has 3 rings (SSSR count). The number of likely N-dealkylation sites (tertiary alicyclic amines) is 1. The summed E-state index contributed by atoms with van der Waals surface area (Å²) < 4.78 is 40.7. The van der Waals surface area contributed by atoms with Crippen LogP contribution in [0.4, 0.5) is 0 Å². The van der Waals surface area contributed by atoms with Crippen molar-refractivity contribution < 1.29 is 47.2 Å². The number of likely N-dealkylation sites (N-methyl/N-ethyl adjacent to an activating group) is 1. The Morgan fingerprint density at radius 1 is 1.37 bits per heavy atom. The summed E-state index contributed by atoms with van der Waals surface area (Å²) in [5, 5.41) is 21.2. The second-order valence-electron chi connectivity index (χ2n) is 8.40. The number of para-hydroxylation sites is 1. The van der Waals surface area contributed by atoms with E-state index >= 15 is 0 Å². The topological polar surface area (TPSA) is 195 Å². The number of nitrogens with zero attached hydrogens (tertiary/aromatic N) is 1. The van der Waals surface area contributed by atoms with Crippen LogP contribution in [0.3, 0.4) is 0 Å². The van der Waals surface area contributed by atoms with Gasteiger partial charge in [0.25, 0.3) is 5.91 Å². The van der Waals surface area contributed by atoms with E-state index in [9.17, 15) is 33.0 Å². The number of ether oxygens (including phenoxy) is 3. The van der Waals surface area contributed by atoms with Gasteiger partial charge in [0, 0.05) is 19.7 Å². The average Bonchev–Trinajstić information content (AvgIpc) is 3.29. The largest absolute Gasteiger partial charge is 0.420 e. The van der Waals surface area contributed by atoms with E-state index in [1.165, 1.54) is 18.2 Å². The molecule has 13 nitrogen and oxygen atoms in total. The van der Waals surface area contributed by atoms with Crippen LogP contribution >= 0.6 is 0 Å². The summed E-state index contributed by atoms with van der Waals surface area (Å²) in [4.78, 5) is 36.7. The normalized spacial score (nSPS) is 27.1. The van der Waals surface area contributed by atoms with E-state index < -0.39 is 55.3 Å². The number of amides is 1. The Morgan fingerprint density at radius 3 is 2.69 bits per heavy atom. The Hall–Kier alpha value is -2.62. The molecule has 0 aliphatic carbocycles. The summed E-state index contributed by atoms with van der Waals surface area (Å²) >= 11 is 0. The monoisotopic (exact) mass is 515 g/mol. The molecule has 0 saturated carbocycles. The molecule has 4 unspecified atom stereocenters. The quantitative estimate of drug-likeness (QED) is 0.186. The van der Waals surface area contributed by atoms with Crippen LogP contribution < -0.4 is 20.5 Å². The van der Waals surface area contributed by atoms with E-state index in [-0.39, 0.29) is 11.6 Å². The predicted octanol–water partition coefficient (Wildman–Crippen LogP) is -1.53. The number of carbonyl (C=O) groups excluding carboxylic acids is 3. The molecule has 2 aliphatic rings. The third kappa shape index (κ3) is 4.52. The van der Waals surface area contributed by atoms with Crippen LogP contribution in [-0.2, 0) is 24.2 Å². The number of sulfone groups is 1. The van der Waals surface area contributed by atoms with E-state index in [4.69, 9.17) is 15.2 Å². The fraction of sp³-hybridized carbons (Fsp3) is 0.571. The van der Waals surface area contributed by atoms with Crippen molar-refractivity contribution in [3.8, 4) is 11.5 Å². The minimum atomic E-state index is -5.37. The Balaban J connectivity index is 1.99. The van der Waals surface area contributed by atoms with E-state index in [0.717, 1.165) is 40.0 Å². The summed E-state index contributed by atoms with van der Waals surface area (Å²) in [5.74, 6) is -5.40. The van der Waals surface area contributed by atoms with Crippen LogP contribution in [-0.4, -0.2) is 90.3 Å². The number of hydrogen-bond donors (Lipinski definition) is 4. The lowest BCUT2D eigenvalue weighted by atomic mass is 10.1. The number of carbonyl (C=O) groups is 3. The van der Waals surface area contributed by atoms with Gasteiger partial charge in [-0.25, -0.2) is 18.0 Å². The van der Waals surface area contributed by atoms with Crippen LogP contribution in [0.5, 0.6) is 11.5 Å². The molecular formula is C21H29N3O10S. The van der Waals surface area contributed by atoms with Crippen LogP contribution in [0.2, 0.25) is 0 Å². The van der Waals surface area contributed by atoms with Crippen LogP contribution in [0.15, 0.2) is 18.2 Å². The molecule has 2 aliphatic heterocycles. The van der Waals surface area contributed by atoms with Gasteiger partial charge in [-0.2, -0.15) is 0 Å². The molecule has 35 heavy (non-hydrogen) atoms. The molecule has 1 fully saturated rings. The number of rotatable bonds is 7. The van der Waals surface area contributed by atoms with Crippen molar-refractivity contribution in [2.75, 3.05) is 26.7 Å². The molecule has 0 radical (unpaired) electrons. The van der Waals surface area contributed by atoms with Crippen molar-refractivity contribution in [2.24, 2.45) is 5.73 Å². The molecule has 5 N–H and O–H groups in total. The molecule has 1 aromatic carbocycles.